The molecule has 0 aliphatic rings. The molecule has 0 amide bonds. The zero-order valence-electron chi connectivity index (χ0n) is 22.9. The molecule has 2 N–H and O–H groups in total. The molecule has 0 fully saturated rings. The SMILES string of the molecule is CCCCCCCCCCCCCCCC[N+](C)(C)CCCCCCCCCCC(=O)O.[OH-]. The molecule has 0 radical (unpaired) electrons. The van der Waals surface area contributed by atoms with Gasteiger partial charge in [0, 0.05) is 6.42 Å². The molecule has 0 atom stereocenters. The van der Waals surface area contributed by atoms with E-state index in [0.717, 1.165) is 12.8 Å². The maximum atomic E-state index is 10.5. The van der Waals surface area contributed by atoms with Gasteiger partial charge >= 0.3 is 5.97 Å². The van der Waals surface area contributed by atoms with Crippen molar-refractivity contribution in [1.29, 1.82) is 0 Å². The number of carbonyl (C=O) groups is 1. The summed E-state index contributed by atoms with van der Waals surface area (Å²) in [5.41, 5.74) is 0. The highest BCUT2D eigenvalue weighted by atomic mass is 16.4. The van der Waals surface area contributed by atoms with Gasteiger partial charge in [-0.25, -0.2) is 0 Å². The molecular weight excluding hydrogens is 410 g/mol. The predicted octanol–water partition coefficient (Wildman–Crippen LogP) is 8.96. The monoisotopic (exact) mass is 471 g/mol. The topological polar surface area (TPSA) is 67.3 Å². The first kappa shape index (κ1) is 34.6. The van der Waals surface area contributed by atoms with Gasteiger partial charge in [0.2, 0.25) is 0 Å². The van der Waals surface area contributed by atoms with E-state index in [1.54, 1.807) is 0 Å². The number of carboxylic acid groups (broad SMARTS) is 1. The molecule has 0 rings (SSSR count). The molecule has 200 valence electrons. The smallest absolute Gasteiger partial charge is 0.303 e. The van der Waals surface area contributed by atoms with Crippen LogP contribution in [0.15, 0.2) is 0 Å². The fourth-order valence-electron chi connectivity index (χ4n) is 4.72. The Hall–Kier alpha value is -0.610. The second kappa shape index (κ2) is 26.0. The van der Waals surface area contributed by atoms with Gasteiger partial charge in [0.15, 0.2) is 0 Å². The van der Waals surface area contributed by atoms with Gasteiger partial charge in [-0.1, -0.05) is 116 Å². The van der Waals surface area contributed by atoms with Crippen molar-refractivity contribution in [2.45, 2.75) is 155 Å². The minimum atomic E-state index is -0.653. The van der Waals surface area contributed by atoms with Crippen molar-refractivity contribution in [2.24, 2.45) is 0 Å². The summed E-state index contributed by atoms with van der Waals surface area (Å²) in [5, 5.41) is 8.64. The molecule has 0 aromatic rings. The first-order valence-corrected chi connectivity index (χ1v) is 14.5. The molecule has 0 bridgehead atoms. The Kier molecular flexibility index (Phi) is 27.2. The van der Waals surface area contributed by atoms with Crippen molar-refractivity contribution in [3.05, 3.63) is 0 Å². The van der Waals surface area contributed by atoms with Crippen molar-refractivity contribution in [3.63, 3.8) is 0 Å². The van der Waals surface area contributed by atoms with Crippen molar-refractivity contribution >= 4 is 5.97 Å². The van der Waals surface area contributed by atoms with E-state index in [1.165, 1.54) is 146 Å². The second-order valence-electron chi connectivity index (χ2n) is 11.0. The lowest BCUT2D eigenvalue weighted by Crippen LogP contribution is -2.41. The first-order valence-electron chi connectivity index (χ1n) is 14.5. The van der Waals surface area contributed by atoms with Gasteiger partial charge in [-0.15, -0.1) is 0 Å². The summed E-state index contributed by atoms with van der Waals surface area (Å²) in [4.78, 5) is 10.5. The fraction of sp³-hybridized carbons (Fsp3) is 0.966. The van der Waals surface area contributed by atoms with Gasteiger partial charge in [-0.3, -0.25) is 4.79 Å². The highest BCUT2D eigenvalue weighted by Gasteiger charge is 2.13. The van der Waals surface area contributed by atoms with Crippen LogP contribution >= 0.6 is 0 Å². The number of quaternary nitrogens is 1. The molecule has 4 nitrogen and oxygen atoms in total. The summed E-state index contributed by atoms with van der Waals surface area (Å²) in [5.74, 6) is -0.653. The van der Waals surface area contributed by atoms with E-state index >= 15 is 0 Å². The molecule has 0 saturated carbocycles. The van der Waals surface area contributed by atoms with Crippen LogP contribution in [0.5, 0.6) is 0 Å². The van der Waals surface area contributed by atoms with Gasteiger partial charge in [-0.2, -0.15) is 0 Å². The summed E-state index contributed by atoms with van der Waals surface area (Å²) >= 11 is 0. The van der Waals surface area contributed by atoms with E-state index < -0.39 is 5.97 Å². The summed E-state index contributed by atoms with van der Waals surface area (Å²) in [6.45, 7) is 4.95. The van der Waals surface area contributed by atoms with E-state index in [1.807, 2.05) is 0 Å². The standard InChI is InChI=1S/C29H59NO2.H2O/c1-4-5-6-7-8-9-10-11-12-13-15-18-21-24-27-30(2,3)28-25-22-19-16-14-17-20-23-26-29(31)32;/h4-28H2,1-3H3;1H2. The van der Waals surface area contributed by atoms with Crippen LogP contribution in [0.1, 0.15) is 155 Å². The summed E-state index contributed by atoms with van der Waals surface area (Å²) in [6, 6.07) is 0. The van der Waals surface area contributed by atoms with Crippen molar-refractivity contribution in [2.75, 3.05) is 27.2 Å². The number of hydrogen-bond acceptors (Lipinski definition) is 2. The quantitative estimate of drug-likeness (QED) is 0.101. The molecule has 0 saturated heterocycles. The van der Waals surface area contributed by atoms with Crippen LogP contribution in [0, 0.1) is 0 Å². The maximum Gasteiger partial charge on any atom is 0.303 e. The second-order valence-corrected chi connectivity index (χ2v) is 11.0. The van der Waals surface area contributed by atoms with Gasteiger partial charge in [-0.05, 0) is 32.1 Å². The van der Waals surface area contributed by atoms with Crippen molar-refractivity contribution in [1.82, 2.24) is 0 Å². The molecule has 0 aliphatic heterocycles. The molecule has 33 heavy (non-hydrogen) atoms. The minimum Gasteiger partial charge on any atom is -0.870 e. The van der Waals surface area contributed by atoms with Crippen molar-refractivity contribution < 1.29 is 19.9 Å². The van der Waals surface area contributed by atoms with Crippen molar-refractivity contribution in [3.8, 4) is 0 Å². The lowest BCUT2D eigenvalue weighted by atomic mass is 10.0. The van der Waals surface area contributed by atoms with Gasteiger partial charge in [0.1, 0.15) is 0 Å². The highest BCUT2D eigenvalue weighted by Crippen LogP contribution is 2.15. The lowest BCUT2D eigenvalue weighted by molar-refractivity contribution is -0.890. The number of aliphatic carboxylic acids is 1. The van der Waals surface area contributed by atoms with Gasteiger partial charge in [0.25, 0.3) is 0 Å². The van der Waals surface area contributed by atoms with E-state index in [9.17, 15) is 4.79 Å². The molecule has 0 aromatic heterocycles. The average Bonchev–Trinajstić information content (AvgIpc) is 2.75. The van der Waals surface area contributed by atoms with Crippen LogP contribution in [0.4, 0.5) is 0 Å². The fourth-order valence-corrected chi connectivity index (χ4v) is 4.72. The number of nitrogens with zero attached hydrogens (tertiary/aromatic N) is 1. The van der Waals surface area contributed by atoms with Crippen LogP contribution in [0.25, 0.3) is 0 Å². The molecule has 0 heterocycles. The number of carboxylic acids is 1. The first-order chi connectivity index (χ1) is 15.5. The summed E-state index contributed by atoms with van der Waals surface area (Å²) < 4.78 is 1.19. The number of rotatable bonds is 26. The Bertz CT molecular complexity index is 398. The average molecular weight is 472 g/mol. The zero-order valence-corrected chi connectivity index (χ0v) is 22.9. The maximum absolute atomic E-state index is 10.5. The minimum absolute atomic E-state index is 0. The Morgan fingerprint density at radius 3 is 1.09 bits per heavy atom. The highest BCUT2D eigenvalue weighted by molar-refractivity contribution is 5.66. The number of hydrogen-bond donors (Lipinski definition) is 1. The Morgan fingerprint density at radius 2 is 0.788 bits per heavy atom. The molecular formula is C29H61NO3. The van der Waals surface area contributed by atoms with E-state index in [0.29, 0.717) is 6.42 Å². The third-order valence-electron chi connectivity index (χ3n) is 7.02. The van der Waals surface area contributed by atoms with E-state index in [-0.39, 0.29) is 5.48 Å². The number of unbranched alkanes of at least 4 members (excludes halogenated alkanes) is 20. The lowest BCUT2D eigenvalue weighted by Gasteiger charge is -2.30. The van der Waals surface area contributed by atoms with Crippen LogP contribution in [-0.4, -0.2) is 48.2 Å². The van der Waals surface area contributed by atoms with Crippen LogP contribution in [0.3, 0.4) is 0 Å². The van der Waals surface area contributed by atoms with Crippen LogP contribution < -0.4 is 0 Å². The normalized spacial score (nSPS) is 11.5. The summed E-state index contributed by atoms with van der Waals surface area (Å²) in [6.07, 6.45) is 30.3. The van der Waals surface area contributed by atoms with Crippen LogP contribution in [0.2, 0.25) is 0 Å². The largest absolute Gasteiger partial charge is 0.870 e. The molecule has 0 aromatic carbocycles. The Morgan fingerprint density at radius 1 is 0.515 bits per heavy atom. The van der Waals surface area contributed by atoms with Gasteiger partial charge in [0.05, 0.1) is 27.2 Å². The predicted molar refractivity (Wildman–Crippen MR) is 143 cm³/mol. The molecule has 0 unspecified atom stereocenters. The third-order valence-corrected chi connectivity index (χ3v) is 7.02. The summed E-state index contributed by atoms with van der Waals surface area (Å²) in [7, 11) is 4.81. The van der Waals surface area contributed by atoms with E-state index in [4.69, 9.17) is 5.11 Å². The van der Waals surface area contributed by atoms with Gasteiger partial charge < -0.3 is 15.1 Å². The van der Waals surface area contributed by atoms with Crippen LogP contribution in [-0.2, 0) is 4.79 Å². The zero-order chi connectivity index (χ0) is 23.8. The molecule has 0 spiro atoms. The molecule has 0 aliphatic carbocycles. The van der Waals surface area contributed by atoms with E-state index in [2.05, 4.69) is 21.0 Å². The Labute approximate surface area is 207 Å². The Balaban J connectivity index is 0. The third kappa shape index (κ3) is 29.4. The molecule has 4 heteroatoms.